The highest BCUT2D eigenvalue weighted by molar-refractivity contribution is 5.85. The van der Waals surface area contributed by atoms with E-state index in [1.807, 2.05) is 30.5 Å². The minimum Gasteiger partial charge on any atom is -0.368 e. The molecule has 0 spiro atoms. The van der Waals surface area contributed by atoms with Crippen LogP contribution in [0.25, 0.3) is 10.9 Å². The molecular weight excluding hydrogens is 250 g/mol. The maximum Gasteiger partial charge on any atom is 0.221 e. The van der Waals surface area contributed by atoms with Crippen molar-refractivity contribution in [2.75, 3.05) is 11.1 Å². The molecule has 0 aliphatic carbocycles. The summed E-state index contributed by atoms with van der Waals surface area (Å²) in [7, 11) is 0. The van der Waals surface area contributed by atoms with Crippen LogP contribution in [0.2, 0.25) is 0 Å². The number of rotatable bonds is 2. The predicted octanol–water partition coefficient (Wildman–Crippen LogP) is 2.71. The molecule has 2 aromatic heterocycles. The van der Waals surface area contributed by atoms with Crippen LogP contribution in [0, 0.1) is 0 Å². The summed E-state index contributed by atoms with van der Waals surface area (Å²) < 4.78 is 0. The largest absolute Gasteiger partial charge is 0.368 e. The number of H-pyrrole nitrogens is 1. The molecule has 3 rings (SSSR count). The van der Waals surface area contributed by atoms with E-state index >= 15 is 0 Å². The summed E-state index contributed by atoms with van der Waals surface area (Å²) in [5, 5.41) is 4.33. The van der Waals surface area contributed by atoms with Crippen LogP contribution in [0.5, 0.6) is 0 Å². The Bertz CT molecular complexity index is 664. The van der Waals surface area contributed by atoms with Gasteiger partial charge in [-0.25, -0.2) is 4.98 Å². The molecule has 5 nitrogen and oxygen atoms in total. The molecule has 3 aromatic rings. The molecule has 0 unspecified atom stereocenters. The Labute approximate surface area is 110 Å². The molecule has 0 atom stereocenters. The van der Waals surface area contributed by atoms with Crippen LogP contribution in [0.15, 0.2) is 42.7 Å². The summed E-state index contributed by atoms with van der Waals surface area (Å²) in [4.78, 5) is 11.1. The van der Waals surface area contributed by atoms with E-state index in [1.54, 1.807) is 12.3 Å². The van der Waals surface area contributed by atoms with Crippen LogP contribution in [-0.2, 0) is 0 Å². The van der Waals surface area contributed by atoms with Crippen LogP contribution >= 0.6 is 12.4 Å². The van der Waals surface area contributed by atoms with Crippen molar-refractivity contribution in [3.8, 4) is 0 Å². The molecule has 0 aliphatic rings. The summed E-state index contributed by atoms with van der Waals surface area (Å²) in [5.41, 5.74) is 7.60. The summed E-state index contributed by atoms with van der Waals surface area (Å²) in [6, 6.07) is 9.84. The van der Waals surface area contributed by atoms with E-state index < -0.39 is 0 Å². The first-order chi connectivity index (χ1) is 8.31. The average molecular weight is 262 g/mol. The molecule has 0 aliphatic heterocycles. The molecule has 0 bridgehead atoms. The second kappa shape index (κ2) is 4.93. The number of fused-ring (bicyclic) bond motifs is 1. The van der Waals surface area contributed by atoms with E-state index in [9.17, 15) is 0 Å². The van der Waals surface area contributed by atoms with E-state index in [4.69, 9.17) is 5.73 Å². The molecule has 0 saturated carbocycles. The summed E-state index contributed by atoms with van der Waals surface area (Å²) >= 11 is 0. The van der Waals surface area contributed by atoms with Gasteiger partial charge in [0, 0.05) is 29.0 Å². The lowest BCUT2D eigenvalue weighted by Crippen LogP contribution is -1.98. The minimum atomic E-state index is 0. The van der Waals surface area contributed by atoms with Gasteiger partial charge in [-0.2, -0.15) is 4.98 Å². The zero-order valence-corrected chi connectivity index (χ0v) is 10.2. The third-order valence-corrected chi connectivity index (χ3v) is 2.50. The lowest BCUT2D eigenvalue weighted by atomic mass is 10.2. The SMILES string of the molecule is Cl.Nc1nccc(Nc2ccc3[nH]ccc3c2)n1. The Kier molecular flexibility index (Phi) is 3.34. The summed E-state index contributed by atoms with van der Waals surface area (Å²) in [6.07, 6.45) is 3.54. The fourth-order valence-corrected chi connectivity index (χ4v) is 1.72. The first-order valence-corrected chi connectivity index (χ1v) is 5.24. The van der Waals surface area contributed by atoms with Gasteiger partial charge in [-0.05, 0) is 30.3 Å². The predicted molar refractivity (Wildman–Crippen MR) is 75.3 cm³/mol. The first-order valence-electron chi connectivity index (χ1n) is 5.24. The van der Waals surface area contributed by atoms with E-state index in [1.165, 1.54) is 0 Å². The fourth-order valence-electron chi connectivity index (χ4n) is 1.72. The van der Waals surface area contributed by atoms with Crippen LogP contribution in [0.4, 0.5) is 17.5 Å². The standard InChI is InChI=1S/C12H11N5.ClH/c13-12-15-6-4-11(17-12)16-9-1-2-10-8(7-9)3-5-14-10;/h1-7,14H,(H3,13,15,16,17);1H. The van der Waals surface area contributed by atoms with Crippen molar-refractivity contribution < 1.29 is 0 Å². The molecule has 2 heterocycles. The number of hydrogen-bond acceptors (Lipinski definition) is 4. The van der Waals surface area contributed by atoms with Gasteiger partial charge in [-0.1, -0.05) is 0 Å². The van der Waals surface area contributed by atoms with Gasteiger partial charge < -0.3 is 16.0 Å². The van der Waals surface area contributed by atoms with Crippen molar-refractivity contribution in [3.05, 3.63) is 42.7 Å². The van der Waals surface area contributed by atoms with Gasteiger partial charge in [0.05, 0.1) is 0 Å². The van der Waals surface area contributed by atoms with Gasteiger partial charge in [0.15, 0.2) is 0 Å². The van der Waals surface area contributed by atoms with Crippen LogP contribution < -0.4 is 11.1 Å². The summed E-state index contributed by atoms with van der Waals surface area (Å²) in [6.45, 7) is 0. The fraction of sp³-hybridized carbons (Fsp3) is 0. The highest BCUT2D eigenvalue weighted by atomic mass is 35.5. The number of nitrogens with zero attached hydrogens (tertiary/aromatic N) is 2. The molecule has 0 saturated heterocycles. The summed E-state index contributed by atoms with van der Waals surface area (Å²) in [5.74, 6) is 0.949. The quantitative estimate of drug-likeness (QED) is 0.663. The van der Waals surface area contributed by atoms with Crippen molar-refractivity contribution in [1.29, 1.82) is 0 Å². The first kappa shape index (κ1) is 12.2. The molecule has 4 N–H and O–H groups in total. The number of nitrogens with two attached hydrogens (primary N) is 1. The number of nitrogen functional groups attached to an aromatic ring is 1. The van der Waals surface area contributed by atoms with Crippen molar-refractivity contribution in [2.45, 2.75) is 0 Å². The number of aromatic nitrogens is 3. The highest BCUT2D eigenvalue weighted by Gasteiger charge is 1.99. The monoisotopic (exact) mass is 261 g/mol. The lowest BCUT2D eigenvalue weighted by Gasteiger charge is -2.05. The van der Waals surface area contributed by atoms with E-state index in [-0.39, 0.29) is 18.4 Å². The minimum absolute atomic E-state index is 0. The third-order valence-electron chi connectivity index (χ3n) is 2.50. The Balaban J connectivity index is 0.00000120. The molecule has 0 amide bonds. The molecule has 1 aromatic carbocycles. The van der Waals surface area contributed by atoms with Crippen LogP contribution in [0.1, 0.15) is 0 Å². The van der Waals surface area contributed by atoms with Gasteiger partial charge in [0.1, 0.15) is 5.82 Å². The topological polar surface area (TPSA) is 79.6 Å². The smallest absolute Gasteiger partial charge is 0.221 e. The Hall–Kier alpha value is -2.27. The number of nitrogens with one attached hydrogen (secondary N) is 2. The number of benzene rings is 1. The van der Waals surface area contributed by atoms with Gasteiger partial charge >= 0.3 is 0 Å². The number of hydrogen-bond donors (Lipinski definition) is 3. The Morgan fingerprint density at radius 1 is 1.17 bits per heavy atom. The normalized spacial score (nSPS) is 10.0. The van der Waals surface area contributed by atoms with E-state index in [0.29, 0.717) is 5.82 Å². The third kappa shape index (κ3) is 2.36. The van der Waals surface area contributed by atoms with Crippen LogP contribution in [-0.4, -0.2) is 15.0 Å². The molecule has 0 fully saturated rings. The van der Waals surface area contributed by atoms with E-state index in [0.717, 1.165) is 16.6 Å². The lowest BCUT2D eigenvalue weighted by molar-refractivity contribution is 1.18. The maximum absolute atomic E-state index is 5.52. The average Bonchev–Trinajstić information content (AvgIpc) is 2.76. The second-order valence-electron chi connectivity index (χ2n) is 3.70. The van der Waals surface area contributed by atoms with Crippen molar-refractivity contribution in [3.63, 3.8) is 0 Å². The Morgan fingerprint density at radius 2 is 2.06 bits per heavy atom. The molecule has 18 heavy (non-hydrogen) atoms. The van der Waals surface area contributed by atoms with Gasteiger partial charge in [0.2, 0.25) is 5.95 Å². The molecule has 6 heteroatoms. The maximum atomic E-state index is 5.52. The number of anilines is 3. The van der Waals surface area contributed by atoms with Crippen molar-refractivity contribution >= 4 is 40.8 Å². The van der Waals surface area contributed by atoms with E-state index in [2.05, 4.69) is 20.3 Å². The van der Waals surface area contributed by atoms with Gasteiger partial charge in [0.25, 0.3) is 0 Å². The molecule has 92 valence electrons. The molecule has 0 radical (unpaired) electrons. The number of aromatic amines is 1. The molecular formula is C12H12ClN5. The van der Waals surface area contributed by atoms with Crippen molar-refractivity contribution in [1.82, 2.24) is 15.0 Å². The van der Waals surface area contributed by atoms with Crippen molar-refractivity contribution in [2.24, 2.45) is 0 Å². The number of halogens is 1. The zero-order chi connectivity index (χ0) is 11.7. The highest BCUT2D eigenvalue weighted by Crippen LogP contribution is 2.20. The van der Waals surface area contributed by atoms with Gasteiger partial charge in [-0.3, -0.25) is 0 Å². The zero-order valence-electron chi connectivity index (χ0n) is 9.42. The van der Waals surface area contributed by atoms with Crippen LogP contribution in [0.3, 0.4) is 0 Å². The second-order valence-corrected chi connectivity index (χ2v) is 3.70. The Morgan fingerprint density at radius 3 is 2.89 bits per heavy atom. The van der Waals surface area contributed by atoms with Gasteiger partial charge in [-0.15, -0.1) is 12.4 Å².